The fraction of sp³-hybridized carbons (Fsp3) is 0.538. The normalized spacial score (nSPS) is 33.1. The lowest BCUT2D eigenvalue weighted by Crippen LogP contribution is -2.45. The van der Waals surface area contributed by atoms with E-state index in [0.29, 0.717) is 0 Å². The van der Waals surface area contributed by atoms with Crippen LogP contribution in [0.1, 0.15) is 60.8 Å². The molecule has 8 nitrogen and oxygen atoms in total. The summed E-state index contributed by atoms with van der Waals surface area (Å²) in [6, 6.07) is 4.88. The van der Waals surface area contributed by atoms with Crippen molar-refractivity contribution in [2.45, 2.75) is 62.8 Å². The predicted molar refractivity (Wildman–Crippen MR) is 130 cm³/mol. The van der Waals surface area contributed by atoms with E-state index in [1.165, 1.54) is 0 Å². The summed E-state index contributed by atoms with van der Waals surface area (Å²) in [7, 11) is 0. The third-order valence-electron chi connectivity index (χ3n) is 8.38. The first-order valence-electron chi connectivity index (χ1n) is 12.8. The first-order valence-corrected chi connectivity index (χ1v) is 12.8. The van der Waals surface area contributed by atoms with Crippen LogP contribution in [0, 0.1) is 5.92 Å². The maximum atomic E-state index is 15.8. The molecule has 6 unspecified atom stereocenters. The number of imidazole rings is 1. The van der Waals surface area contributed by atoms with Gasteiger partial charge in [-0.05, 0) is 54.5 Å². The maximum Gasteiger partial charge on any atom is 0.237 e. The average molecular weight is 481 g/mol. The number of phenols is 1. The Morgan fingerprint density at radius 3 is 2.91 bits per heavy atom. The first kappa shape index (κ1) is 22.7. The van der Waals surface area contributed by atoms with E-state index in [0.717, 1.165) is 73.5 Å². The molecule has 1 aromatic heterocycles. The largest absolute Gasteiger partial charge is 0.508 e. The van der Waals surface area contributed by atoms with Gasteiger partial charge in [0.25, 0.3) is 0 Å². The number of benzene rings is 1. The highest BCUT2D eigenvalue weighted by molar-refractivity contribution is 5.84. The fourth-order valence-electron chi connectivity index (χ4n) is 6.50. The number of aromatic hydroxyl groups is 1. The van der Waals surface area contributed by atoms with Crippen molar-refractivity contribution in [2.75, 3.05) is 19.6 Å². The van der Waals surface area contributed by atoms with Gasteiger partial charge in [-0.1, -0.05) is 19.1 Å². The number of hydrazine groups is 1. The highest BCUT2D eigenvalue weighted by Crippen LogP contribution is 2.45. The topological polar surface area (TPSA) is 105 Å². The van der Waals surface area contributed by atoms with Crippen molar-refractivity contribution in [3.63, 3.8) is 0 Å². The van der Waals surface area contributed by atoms with Gasteiger partial charge in [-0.25, -0.2) is 14.8 Å². The molecule has 0 bridgehead atoms. The van der Waals surface area contributed by atoms with Gasteiger partial charge in [0.1, 0.15) is 17.7 Å². The Kier molecular flexibility index (Phi) is 5.86. The number of phenolic OH excluding ortho intramolecular Hbond substituents is 1. The molecule has 1 aliphatic carbocycles. The number of aryl methyl sites for hydroxylation is 1. The van der Waals surface area contributed by atoms with E-state index in [2.05, 4.69) is 37.1 Å². The Balaban J connectivity index is 1.14. The van der Waals surface area contributed by atoms with Crippen LogP contribution in [0.25, 0.3) is 5.57 Å². The van der Waals surface area contributed by atoms with Crippen LogP contribution < -0.4 is 16.2 Å². The third-order valence-corrected chi connectivity index (χ3v) is 8.38. The Bertz CT molecular complexity index is 1150. The number of rotatable bonds is 5. The molecule has 3 fully saturated rings. The zero-order valence-corrected chi connectivity index (χ0v) is 19.9. The predicted octanol–water partition coefficient (Wildman–Crippen LogP) is 2.31. The molecule has 9 heteroatoms. The van der Waals surface area contributed by atoms with Crippen LogP contribution in [0.15, 0.2) is 30.5 Å². The number of hydrogen-bond donors (Lipinski definition) is 5. The van der Waals surface area contributed by atoms with Gasteiger partial charge in [0.2, 0.25) is 5.91 Å². The summed E-state index contributed by atoms with van der Waals surface area (Å²) in [5.41, 5.74) is 10.7. The fourth-order valence-corrected chi connectivity index (χ4v) is 6.50. The minimum atomic E-state index is -1.03. The Hall–Kier alpha value is -2.75. The van der Waals surface area contributed by atoms with Gasteiger partial charge in [0.15, 0.2) is 0 Å². The average Bonchev–Trinajstić information content (AvgIpc) is 3.65. The Morgan fingerprint density at radius 1 is 1.23 bits per heavy atom. The number of H-pyrrole nitrogens is 1. The Morgan fingerprint density at radius 2 is 2.11 bits per heavy atom. The molecule has 2 aromatic rings. The second kappa shape index (κ2) is 9.04. The van der Waals surface area contributed by atoms with E-state index in [1.54, 1.807) is 12.1 Å². The minimum absolute atomic E-state index is 0.0499. The summed E-state index contributed by atoms with van der Waals surface area (Å²) >= 11 is 0. The summed E-state index contributed by atoms with van der Waals surface area (Å²) in [4.78, 5) is 22.4. The van der Waals surface area contributed by atoms with E-state index in [-0.39, 0.29) is 41.6 Å². The molecule has 3 aliphatic heterocycles. The number of hydrogen-bond acceptors (Lipinski definition) is 6. The molecule has 1 saturated carbocycles. The summed E-state index contributed by atoms with van der Waals surface area (Å²) in [5, 5.41) is 12.8. The van der Waals surface area contributed by atoms with Gasteiger partial charge >= 0.3 is 0 Å². The highest BCUT2D eigenvalue weighted by Gasteiger charge is 2.48. The Labute approximate surface area is 204 Å². The number of nitrogens with one attached hydrogen (secondary N) is 4. The molecule has 5 N–H and O–H groups in total. The minimum Gasteiger partial charge on any atom is -0.508 e. The number of carbonyl (C=O) groups is 1. The van der Waals surface area contributed by atoms with Crippen molar-refractivity contribution in [1.82, 2.24) is 31.0 Å². The summed E-state index contributed by atoms with van der Waals surface area (Å²) in [6.07, 6.45) is 6.26. The highest BCUT2D eigenvalue weighted by atomic mass is 19.1. The monoisotopic (exact) mass is 480 g/mol. The van der Waals surface area contributed by atoms with Gasteiger partial charge in [0.05, 0.1) is 30.0 Å². The molecule has 0 radical (unpaired) electrons. The van der Waals surface area contributed by atoms with Crippen LogP contribution in [0.2, 0.25) is 0 Å². The summed E-state index contributed by atoms with van der Waals surface area (Å²) < 4.78 is 15.8. The number of aromatic amines is 1. The van der Waals surface area contributed by atoms with Crippen LogP contribution in [-0.2, 0) is 11.2 Å². The lowest BCUT2D eigenvalue weighted by molar-refractivity contribution is -0.123. The standard InChI is InChI=1S/C26H33FN6O2/c1-2-14-11-16(34)3-4-17(14)18-5-6-19-23(22(18)27)31-32-24(19)25-29-12-20(30-25)15-8-10-33(13-15)21-7-9-28-26(21)35/h3-4,8,11-12,18-19,21-24,31-32,34H,2,5-7,9-10,13H2,1H3,(H,28,35)(H,29,30). The van der Waals surface area contributed by atoms with Crippen LogP contribution in [0.4, 0.5) is 4.39 Å². The van der Waals surface area contributed by atoms with Gasteiger partial charge in [-0.2, -0.15) is 0 Å². The van der Waals surface area contributed by atoms with E-state index >= 15 is 4.39 Å². The summed E-state index contributed by atoms with van der Waals surface area (Å²) in [6.45, 7) is 4.27. The second-order valence-electron chi connectivity index (χ2n) is 10.3. The molecule has 1 amide bonds. The molecule has 35 heavy (non-hydrogen) atoms. The van der Waals surface area contributed by atoms with Crippen molar-refractivity contribution in [1.29, 1.82) is 0 Å². The number of carbonyl (C=O) groups excluding carboxylic acids is 1. The van der Waals surface area contributed by atoms with Crippen LogP contribution in [-0.4, -0.2) is 63.8 Å². The quantitative estimate of drug-likeness (QED) is 0.450. The molecule has 4 heterocycles. The molecule has 2 saturated heterocycles. The van der Waals surface area contributed by atoms with Crippen molar-refractivity contribution < 1.29 is 14.3 Å². The zero-order chi connectivity index (χ0) is 24.1. The van der Waals surface area contributed by atoms with Crippen LogP contribution in [0.3, 0.4) is 0 Å². The number of amides is 1. The van der Waals surface area contributed by atoms with Crippen LogP contribution >= 0.6 is 0 Å². The van der Waals surface area contributed by atoms with Crippen molar-refractivity contribution in [3.05, 3.63) is 53.1 Å². The molecular formula is C26H33FN6O2. The van der Waals surface area contributed by atoms with E-state index in [4.69, 9.17) is 0 Å². The lowest BCUT2D eigenvalue weighted by atomic mass is 9.71. The van der Waals surface area contributed by atoms with E-state index in [1.807, 2.05) is 19.2 Å². The zero-order valence-electron chi connectivity index (χ0n) is 19.9. The van der Waals surface area contributed by atoms with Gasteiger partial charge in [-0.15, -0.1) is 0 Å². The molecule has 186 valence electrons. The lowest BCUT2D eigenvalue weighted by Gasteiger charge is -2.36. The smallest absolute Gasteiger partial charge is 0.237 e. The van der Waals surface area contributed by atoms with E-state index < -0.39 is 6.17 Å². The molecular weight excluding hydrogens is 447 g/mol. The van der Waals surface area contributed by atoms with Crippen molar-refractivity contribution >= 4 is 11.5 Å². The number of nitrogens with zero attached hydrogens (tertiary/aromatic N) is 2. The number of halogens is 1. The summed E-state index contributed by atoms with van der Waals surface area (Å²) in [5.74, 6) is 1.08. The molecule has 0 spiro atoms. The number of alkyl halides is 1. The maximum absolute atomic E-state index is 15.8. The van der Waals surface area contributed by atoms with Gasteiger partial charge in [0, 0.05) is 31.5 Å². The number of aromatic nitrogens is 2. The second-order valence-corrected chi connectivity index (χ2v) is 10.3. The SMILES string of the molecule is CCc1cc(O)ccc1C1CCC2C(c3ncc(C4=CCN(C5CCNC5=O)C4)[nH]3)NNC2C1F. The van der Waals surface area contributed by atoms with E-state index in [9.17, 15) is 9.90 Å². The number of fused-ring (bicyclic) bond motifs is 1. The van der Waals surface area contributed by atoms with Gasteiger partial charge in [-0.3, -0.25) is 15.1 Å². The van der Waals surface area contributed by atoms with Gasteiger partial charge < -0.3 is 15.4 Å². The first-order chi connectivity index (χ1) is 17.0. The van der Waals surface area contributed by atoms with Crippen molar-refractivity contribution in [3.8, 4) is 5.75 Å². The van der Waals surface area contributed by atoms with Crippen LogP contribution in [0.5, 0.6) is 5.75 Å². The molecule has 1 aromatic carbocycles. The van der Waals surface area contributed by atoms with Crippen molar-refractivity contribution in [2.24, 2.45) is 5.92 Å². The molecule has 4 aliphatic rings. The third kappa shape index (κ3) is 3.95. The molecule has 6 rings (SSSR count). The molecule has 6 atom stereocenters.